The number of anilines is 3. The minimum atomic E-state index is 0.807. The third kappa shape index (κ3) is 3.23. The highest BCUT2D eigenvalue weighted by atomic mass is 79.9. The fourth-order valence-electron chi connectivity index (χ4n) is 1.53. The molecule has 1 aromatic heterocycles. The maximum absolute atomic E-state index is 4.48. The number of hydrogen-bond donors (Lipinski definition) is 2. The van der Waals surface area contributed by atoms with Gasteiger partial charge in [-0.15, -0.1) is 0 Å². The van der Waals surface area contributed by atoms with Crippen molar-refractivity contribution in [1.29, 1.82) is 0 Å². The molecule has 0 amide bonds. The summed E-state index contributed by atoms with van der Waals surface area (Å²) in [4.78, 5) is 4.48. The molecule has 3 nitrogen and oxygen atoms in total. The lowest BCUT2D eigenvalue weighted by Gasteiger charge is -2.11. The molecule has 0 spiro atoms. The molecule has 0 saturated heterocycles. The van der Waals surface area contributed by atoms with E-state index in [0.29, 0.717) is 0 Å². The van der Waals surface area contributed by atoms with E-state index < -0.39 is 0 Å². The molecule has 0 aliphatic heterocycles. The zero-order valence-electron chi connectivity index (χ0n) is 9.87. The van der Waals surface area contributed by atoms with Gasteiger partial charge >= 0.3 is 0 Å². The van der Waals surface area contributed by atoms with Crippen LogP contribution in [0.4, 0.5) is 17.3 Å². The number of nitrogens with one attached hydrogen (secondary N) is 2. The highest BCUT2D eigenvalue weighted by Gasteiger charge is 2.05. The van der Waals surface area contributed by atoms with Crippen molar-refractivity contribution in [1.82, 2.24) is 4.98 Å². The maximum Gasteiger partial charge on any atom is 0.132 e. The SMILES string of the molecule is CCNc1cccc(Nc2c(Br)cccc2Br)n1. The second-order valence-corrected chi connectivity index (χ2v) is 5.37. The summed E-state index contributed by atoms with van der Waals surface area (Å²) >= 11 is 7.04. The van der Waals surface area contributed by atoms with E-state index in [-0.39, 0.29) is 0 Å². The summed E-state index contributed by atoms with van der Waals surface area (Å²) in [5, 5.41) is 6.48. The Morgan fingerprint density at radius 1 is 1.00 bits per heavy atom. The summed E-state index contributed by atoms with van der Waals surface area (Å²) in [6.07, 6.45) is 0. The molecule has 2 N–H and O–H groups in total. The second-order valence-electron chi connectivity index (χ2n) is 3.66. The molecule has 0 bridgehead atoms. The Balaban J connectivity index is 2.26. The molecule has 5 heteroatoms. The van der Waals surface area contributed by atoms with Crippen LogP contribution in [-0.4, -0.2) is 11.5 Å². The van der Waals surface area contributed by atoms with Gasteiger partial charge in [0.2, 0.25) is 0 Å². The van der Waals surface area contributed by atoms with Crippen LogP contribution in [0.5, 0.6) is 0 Å². The van der Waals surface area contributed by atoms with Crippen molar-refractivity contribution in [2.24, 2.45) is 0 Å². The number of pyridine rings is 1. The Bertz CT molecular complexity index is 523. The quantitative estimate of drug-likeness (QED) is 0.812. The number of halogens is 2. The summed E-state index contributed by atoms with van der Waals surface area (Å²) < 4.78 is 1.99. The summed E-state index contributed by atoms with van der Waals surface area (Å²) in [5.74, 6) is 1.67. The van der Waals surface area contributed by atoms with Crippen molar-refractivity contribution in [3.8, 4) is 0 Å². The summed E-state index contributed by atoms with van der Waals surface area (Å²) in [6.45, 7) is 2.90. The van der Waals surface area contributed by atoms with E-state index in [1.165, 1.54) is 0 Å². The van der Waals surface area contributed by atoms with Crippen molar-refractivity contribution in [3.05, 3.63) is 45.3 Å². The van der Waals surface area contributed by atoms with Gasteiger partial charge in [-0.1, -0.05) is 12.1 Å². The average molecular weight is 371 g/mol. The van der Waals surface area contributed by atoms with Gasteiger partial charge in [0.15, 0.2) is 0 Å². The number of benzene rings is 1. The summed E-state index contributed by atoms with van der Waals surface area (Å²) in [6, 6.07) is 11.8. The molecule has 18 heavy (non-hydrogen) atoms. The minimum Gasteiger partial charge on any atom is -0.370 e. The molecule has 0 aliphatic rings. The van der Waals surface area contributed by atoms with Gasteiger partial charge in [-0.3, -0.25) is 0 Å². The van der Waals surface area contributed by atoms with E-state index in [2.05, 4.69) is 47.5 Å². The highest BCUT2D eigenvalue weighted by Crippen LogP contribution is 2.32. The van der Waals surface area contributed by atoms with E-state index in [4.69, 9.17) is 0 Å². The number of nitrogens with zero attached hydrogens (tertiary/aromatic N) is 1. The predicted octanol–water partition coefficient (Wildman–Crippen LogP) is 4.78. The van der Waals surface area contributed by atoms with Crippen LogP contribution in [-0.2, 0) is 0 Å². The third-order valence-electron chi connectivity index (χ3n) is 2.32. The Morgan fingerprint density at radius 3 is 2.28 bits per heavy atom. The van der Waals surface area contributed by atoms with Gasteiger partial charge in [-0.2, -0.15) is 0 Å². The van der Waals surface area contributed by atoms with E-state index in [1.807, 2.05) is 43.3 Å². The van der Waals surface area contributed by atoms with Crippen LogP contribution in [0.15, 0.2) is 45.3 Å². The first-order chi connectivity index (χ1) is 8.70. The molecule has 2 rings (SSSR count). The number of para-hydroxylation sites is 1. The van der Waals surface area contributed by atoms with Crippen molar-refractivity contribution < 1.29 is 0 Å². The van der Waals surface area contributed by atoms with Crippen molar-refractivity contribution in [3.63, 3.8) is 0 Å². The minimum absolute atomic E-state index is 0.807. The van der Waals surface area contributed by atoms with Gasteiger partial charge < -0.3 is 10.6 Å². The molecule has 0 atom stereocenters. The second kappa shape index (κ2) is 6.20. The highest BCUT2D eigenvalue weighted by molar-refractivity contribution is 9.11. The van der Waals surface area contributed by atoms with Crippen LogP contribution >= 0.6 is 31.9 Å². The van der Waals surface area contributed by atoms with Crippen LogP contribution in [0.25, 0.3) is 0 Å². The number of hydrogen-bond acceptors (Lipinski definition) is 3. The molecule has 0 fully saturated rings. The fraction of sp³-hybridized carbons (Fsp3) is 0.154. The molecule has 0 aliphatic carbocycles. The van der Waals surface area contributed by atoms with Crippen LogP contribution in [0, 0.1) is 0 Å². The first-order valence-electron chi connectivity index (χ1n) is 5.62. The van der Waals surface area contributed by atoms with Gasteiger partial charge in [0, 0.05) is 15.5 Å². The van der Waals surface area contributed by atoms with Crippen molar-refractivity contribution >= 4 is 49.2 Å². The molecule has 1 heterocycles. The standard InChI is InChI=1S/C13H13Br2N3/c1-2-16-11-7-4-8-12(17-11)18-13-9(14)5-3-6-10(13)15/h3-8H,2H2,1H3,(H2,16,17,18). The van der Waals surface area contributed by atoms with Crippen LogP contribution in [0.1, 0.15) is 6.92 Å². The monoisotopic (exact) mass is 369 g/mol. The molecule has 94 valence electrons. The molecule has 2 aromatic rings. The van der Waals surface area contributed by atoms with Gasteiger partial charge in [-0.05, 0) is 63.0 Å². The number of rotatable bonds is 4. The Labute approximate surface area is 123 Å². The Hall–Kier alpha value is -1.07. The first kappa shape index (κ1) is 13.4. The zero-order valence-corrected chi connectivity index (χ0v) is 13.0. The van der Waals surface area contributed by atoms with E-state index in [0.717, 1.165) is 32.8 Å². The predicted molar refractivity (Wildman–Crippen MR) is 83.5 cm³/mol. The first-order valence-corrected chi connectivity index (χ1v) is 7.21. The van der Waals surface area contributed by atoms with Crippen LogP contribution < -0.4 is 10.6 Å². The van der Waals surface area contributed by atoms with Gasteiger partial charge in [0.1, 0.15) is 11.6 Å². The van der Waals surface area contributed by atoms with E-state index in [1.54, 1.807) is 0 Å². The summed E-state index contributed by atoms with van der Waals surface area (Å²) in [7, 11) is 0. The lowest BCUT2D eigenvalue weighted by atomic mass is 10.3. The molecule has 1 aromatic carbocycles. The van der Waals surface area contributed by atoms with Crippen molar-refractivity contribution in [2.45, 2.75) is 6.92 Å². The summed E-state index contributed by atoms with van der Waals surface area (Å²) in [5.41, 5.74) is 0.971. The molecular formula is C13H13Br2N3. The van der Waals surface area contributed by atoms with E-state index in [9.17, 15) is 0 Å². The number of aromatic nitrogens is 1. The normalized spacial score (nSPS) is 10.2. The van der Waals surface area contributed by atoms with Crippen LogP contribution in [0.2, 0.25) is 0 Å². The lowest BCUT2D eigenvalue weighted by molar-refractivity contribution is 1.16. The lowest BCUT2D eigenvalue weighted by Crippen LogP contribution is -2.01. The van der Waals surface area contributed by atoms with Crippen LogP contribution in [0.3, 0.4) is 0 Å². The van der Waals surface area contributed by atoms with Gasteiger partial charge in [-0.25, -0.2) is 4.98 Å². The molecule has 0 radical (unpaired) electrons. The van der Waals surface area contributed by atoms with Gasteiger partial charge in [0.25, 0.3) is 0 Å². The molecule has 0 saturated carbocycles. The Morgan fingerprint density at radius 2 is 1.61 bits per heavy atom. The topological polar surface area (TPSA) is 37.0 Å². The zero-order chi connectivity index (χ0) is 13.0. The maximum atomic E-state index is 4.48. The Kier molecular flexibility index (Phi) is 4.60. The molecule has 0 unspecified atom stereocenters. The molecular weight excluding hydrogens is 358 g/mol. The third-order valence-corrected chi connectivity index (χ3v) is 3.64. The van der Waals surface area contributed by atoms with E-state index >= 15 is 0 Å². The van der Waals surface area contributed by atoms with Crippen molar-refractivity contribution in [2.75, 3.05) is 17.2 Å². The van der Waals surface area contributed by atoms with Gasteiger partial charge in [0.05, 0.1) is 5.69 Å². The average Bonchev–Trinajstić information content (AvgIpc) is 2.35. The largest absolute Gasteiger partial charge is 0.370 e. The fourth-order valence-corrected chi connectivity index (χ4v) is 2.73. The smallest absolute Gasteiger partial charge is 0.132 e.